The molecule has 2 aromatic rings. The van der Waals surface area contributed by atoms with Crippen LogP contribution in [-0.4, -0.2) is 10.8 Å². The average Bonchev–Trinajstić information content (AvgIpc) is 2.89. The molecule has 1 aliphatic heterocycles. The van der Waals surface area contributed by atoms with E-state index in [2.05, 4.69) is 26.5 Å². The smallest absolute Gasteiger partial charge is 0.120 e. The van der Waals surface area contributed by atoms with E-state index in [4.69, 9.17) is 0 Å². The Labute approximate surface area is 120 Å². The average molecular weight is 317 g/mol. The monoisotopic (exact) mass is 316 g/mol. The van der Waals surface area contributed by atoms with Gasteiger partial charge in [0, 0.05) is 16.5 Å². The molecular weight excluding hydrogens is 304 g/mol. The van der Waals surface area contributed by atoms with Crippen LogP contribution in [0, 0.1) is 0 Å². The summed E-state index contributed by atoms with van der Waals surface area (Å²) in [6.45, 7) is 0. The van der Waals surface area contributed by atoms with E-state index in [1.54, 1.807) is 6.07 Å². The Hall–Kier alpha value is -1.81. The number of phenolic OH excluding ortho intramolecular Hbond substituents is 1. The van der Waals surface area contributed by atoms with Gasteiger partial charge in [-0.2, -0.15) is 5.10 Å². The number of aromatic hydroxyl groups is 1. The van der Waals surface area contributed by atoms with Gasteiger partial charge in [0.15, 0.2) is 0 Å². The van der Waals surface area contributed by atoms with Crippen LogP contribution in [0.4, 0.5) is 0 Å². The summed E-state index contributed by atoms with van der Waals surface area (Å²) in [4.78, 5) is 0. The van der Waals surface area contributed by atoms with Crippen LogP contribution < -0.4 is 5.43 Å². The number of para-hydroxylation sites is 1. The lowest BCUT2D eigenvalue weighted by Crippen LogP contribution is -2.09. The zero-order valence-corrected chi connectivity index (χ0v) is 11.8. The zero-order chi connectivity index (χ0) is 13.2. The Morgan fingerprint density at radius 1 is 1.11 bits per heavy atom. The van der Waals surface area contributed by atoms with Crippen molar-refractivity contribution in [2.75, 3.05) is 0 Å². The topological polar surface area (TPSA) is 44.6 Å². The Kier molecular flexibility index (Phi) is 3.25. The molecule has 0 radical (unpaired) electrons. The van der Waals surface area contributed by atoms with Crippen molar-refractivity contribution < 1.29 is 5.11 Å². The van der Waals surface area contributed by atoms with Gasteiger partial charge in [-0.3, -0.25) is 0 Å². The van der Waals surface area contributed by atoms with Gasteiger partial charge in [-0.25, -0.2) is 0 Å². The van der Waals surface area contributed by atoms with Crippen molar-refractivity contribution in [1.82, 2.24) is 5.43 Å². The fraction of sp³-hybridized carbons (Fsp3) is 0.133. The molecule has 2 N–H and O–H groups in total. The summed E-state index contributed by atoms with van der Waals surface area (Å²) >= 11 is 3.42. The molecule has 4 heteroatoms. The van der Waals surface area contributed by atoms with Crippen LogP contribution in [-0.2, 0) is 0 Å². The van der Waals surface area contributed by atoms with E-state index in [0.717, 1.165) is 27.7 Å². The van der Waals surface area contributed by atoms with E-state index in [0.29, 0.717) is 5.75 Å². The molecule has 2 aromatic carbocycles. The minimum absolute atomic E-state index is 0.0415. The Morgan fingerprint density at radius 2 is 1.84 bits per heavy atom. The molecule has 3 rings (SSSR count). The molecule has 0 saturated carbocycles. The number of hydrogen-bond donors (Lipinski definition) is 2. The SMILES string of the molecule is Oc1ccccc1C1CC(c2ccc(Br)cc2)=NN1. The molecule has 1 unspecified atom stereocenters. The third kappa shape index (κ3) is 2.49. The second kappa shape index (κ2) is 5.05. The molecule has 96 valence electrons. The molecule has 19 heavy (non-hydrogen) atoms. The fourth-order valence-corrected chi connectivity index (χ4v) is 2.49. The molecule has 0 bridgehead atoms. The maximum absolute atomic E-state index is 9.87. The van der Waals surface area contributed by atoms with Crippen molar-refractivity contribution in [1.29, 1.82) is 0 Å². The molecule has 1 atom stereocenters. The van der Waals surface area contributed by atoms with Crippen LogP contribution in [0.3, 0.4) is 0 Å². The van der Waals surface area contributed by atoms with Crippen molar-refractivity contribution >= 4 is 21.6 Å². The van der Waals surface area contributed by atoms with Crippen LogP contribution >= 0.6 is 15.9 Å². The predicted octanol–water partition coefficient (Wildman–Crippen LogP) is 3.59. The molecule has 0 amide bonds. The number of rotatable bonds is 2. The van der Waals surface area contributed by atoms with E-state index in [9.17, 15) is 5.11 Å². The number of halogens is 1. The van der Waals surface area contributed by atoms with Gasteiger partial charge in [0.1, 0.15) is 5.75 Å². The molecule has 1 aliphatic rings. The third-order valence-electron chi connectivity index (χ3n) is 3.24. The maximum atomic E-state index is 9.87. The lowest BCUT2D eigenvalue weighted by Gasteiger charge is -2.11. The molecular formula is C15H13BrN2O. The molecule has 0 saturated heterocycles. The Bertz CT molecular complexity index is 622. The standard InChI is InChI=1S/C15H13BrN2O/c16-11-7-5-10(6-8-11)13-9-14(18-17-13)12-3-1-2-4-15(12)19/h1-8,14,18-19H,9H2. The fourth-order valence-electron chi connectivity index (χ4n) is 2.23. The van der Waals surface area contributed by atoms with Crippen LogP contribution in [0.25, 0.3) is 0 Å². The van der Waals surface area contributed by atoms with Gasteiger partial charge >= 0.3 is 0 Å². The first kappa shape index (κ1) is 12.2. The predicted molar refractivity (Wildman–Crippen MR) is 79.3 cm³/mol. The van der Waals surface area contributed by atoms with Crippen molar-refractivity contribution in [2.24, 2.45) is 5.10 Å². The molecule has 0 spiro atoms. The first-order valence-corrected chi connectivity index (χ1v) is 6.89. The summed E-state index contributed by atoms with van der Waals surface area (Å²) in [6.07, 6.45) is 0.777. The summed E-state index contributed by atoms with van der Waals surface area (Å²) in [7, 11) is 0. The summed E-state index contributed by atoms with van der Waals surface area (Å²) in [5.74, 6) is 0.312. The van der Waals surface area contributed by atoms with Crippen LogP contribution in [0.15, 0.2) is 58.1 Å². The second-order valence-electron chi connectivity index (χ2n) is 4.51. The number of hydrogen-bond acceptors (Lipinski definition) is 3. The van der Waals surface area contributed by atoms with Crippen molar-refractivity contribution in [3.8, 4) is 5.75 Å². The second-order valence-corrected chi connectivity index (χ2v) is 5.43. The number of nitrogens with zero attached hydrogens (tertiary/aromatic N) is 1. The van der Waals surface area contributed by atoms with Crippen molar-refractivity contribution in [3.05, 3.63) is 64.1 Å². The molecule has 0 aromatic heterocycles. The Balaban J connectivity index is 1.80. The van der Waals surface area contributed by atoms with Gasteiger partial charge in [0.2, 0.25) is 0 Å². The molecule has 0 aliphatic carbocycles. The number of phenols is 1. The van der Waals surface area contributed by atoms with Crippen LogP contribution in [0.5, 0.6) is 5.75 Å². The Morgan fingerprint density at radius 3 is 2.58 bits per heavy atom. The van der Waals surface area contributed by atoms with Crippen molar-refractivity contribution in [3.63, 3.8) is 0 Å². The number of nitrogens with one attached hydrogen (secondary N) is 1. The van der Waals surface area contributed by atoms with Gasteiger partial charge in [0.05, 0.1) is 11.8 Å². The number of benzene rings is 2. The summed E-state index contributed by atoms with van der Waals surface area (Å²) in [5, 5.41) is 14.2. The highest BCUT2D eigenvalue weighted by molar-refractivity contribution is 9.10. The minimum Gasteiger partial charge on any atom is -0.508 e. The maximum Gasteiger partial charge on any atom is 0.120 e. The van der Waals surface area contributed by atoms with E-state index in [1.807, 2.05) is 42.5 Å². The van der Waals surface area contributed by atoms with Gasteiger partial charge in [-0.05, 0) is 23.8 Å². The molecule has 0 fully saturated rings. The molecule has 3 nitrogen and oxygen atoms in total. The van der Waals surface area contributed by atoms with Gasteiger partial charge in [-0.1, -0.05) is 46.3 Å². The van der Waals surface area contributed by atoms with E-state index in [1.165, 1.54) is 0 Å². The quantitative estimate of drug-likeness (QED) is 0.889. The van der Waals surface area contributed by atoms with E-state index < -0.39 is 0 Å². The normalized spacial score (nSPS) is 17.9. The zero-order valence-electron chi connectivity index (χ0n) is 10.2. The summed E-state index contributed by atoms with van der Waals surface area (Å²) in [5.41, 5.74) is 6.10. The summed E-state index contributed by atoms with van der Waals surface area (Å²) in [6, 6.07) is 15.5. The molecule has 1 heterocycles. The van der Waals surface area contributed by atoms with Crippen molar-refractivity contribution in [2.45, 2.75) is 12.5 Å². The third-order valence-corrected chi connectivity index (χ3v) is 3.77. The van der Waals surface area contributed by atoms with Gasteiger partial charge in [-0.15, -0.1) is 0 Å². The van der Waals surface area contributed by atoms with Crippen LogP contribution in [0.2, 0.25) is 0 Å². The first-order chi connectivity index (χ1) is 9.24. The largest absolute Gasteiger partial charge is 0.508 e. The van der Waals surface area contributed by atoms with E-state index in [-0.39, 0.29) is 6.04 Å². The first-order valence-electron chi connectivity index (χ1n) is 6.10. The lowest BCUT2D eigenvalue weighted by molar-refractivity contribution is 0.455. The minimum atomic E-state index is 0.0415. The van der Waals surface area contributed by atoms with E-state index >= 15 is 0 Å². The highest BCUT2D eigenvalue weighted by Crippen LogP contribution is 2.30. The number of hydrazone groups is 1. The van der Waals surface area contributed by atoms with Crippen LogP contribution in [0.1, 0.15) is 23.6 Å². The highest BCUT2D eigenvalue weighted by atomic mass is 79.9. The van der Waals surface area contributed by atoms with Gasteiger partial charge in [0.25, 0.3) is 0 Å². The highest BCUT2D eigenvalue weighted by Gasteiger charge is 2.23. The lowest BCUT2D eigenvalue weighted by atomic mass is 9.98. The van der Waals surface area contributed by atoms with Gasteiger partial charge < -0.3 is 10.5 Å². The summed E-state index contributed by atoms with van der Waals surface area (Å²) < 4.78 is 1.06.